The average Bonchev–Trinajstić information content (AvgIpc) is 2.63. The molecule has 0 radical (unpaired) electrons. The molecule has 0 aromatic heterocycles. The monoisotopic (exact) mass is 1010 g/mol. The minimum Gasteiger partial charge on any atom is -1.00 e. The maximum atomic E-state index is 4.23. The zero-order valence-electron chi connectivity index (χ0n) is 35.2. The Morgan fingerprint density at radius 3 is 0.804 bits per heavy atom. The van der Waals surface area contributed by atoms with Crippen molar-refractivity contribution in [1.82, 2.24) is 10.6 Å². The smallest absolute Gasteiger partial charge is 0.188 e. The molecular weight excluding hydrogens is 924 g/mol. The van der Waals surface area contributed by atoms with Gasteiger partial charge in [0.25, 0.3) is 0 Å². The Labute approximate surface area is 343 Å². The summed E-state index contributed by atoms with van der Waals surface area (Å²) in [6.45, 7) is 48.5. The summed E-state index contributed by atoms with van der Waals surface area (Å²) in [6, 6.07) is 0. The first-order chi connectivity index (χ1) is 18.5. The molecule has 0 aromatic rings. The van der Waals surface area contributed by atoms with E-state index in [1.165, 1.54) is 38.3 Å². The van der Waals surface area contributed by atoms with E-state index in [1.807, 2.05) is 0 Å². The molecule has 0 aliphatic rings. The topological polar surface area (TPSA) is 32.9 Å². The summed E-state index contributed by atoms with van der Waals surface area (Å²) in [6.07, 6.45) is 9.51. The highest BCUT2D eigenvalue weighted by atomic mass is 127. The second-order valence-electron chi connectivity index (χ2n) is 22.4. The molecule has 0 bridgehead atoms. The Balaban J connectivity index is -0.00000294. The highest BCUT2D eigenvalue weighted by molar-refractivity contribution is 7.75. The van der Waals surface area contributed by atoms with Gasteiger partial charge in [-0.25, -0.2) is 0 Å². The van der Waals surface area contributed by atoms with Crippen LogP contribution in [0.3, 0.4) is 0 Å². The summed E-state index contributed by atoms with van der Waals surface area (Å²) in [5.41, 5.74) is 1.80. The first-order valence-electron chi connectivity index (χ1n) is 17.5. The first kappa shape index (κ1) is 55.2. The molecule has 0 aliphatic heterocycles. The molecule has 46 heavy (non-hydrogen) atoms. The maximum Gasteiger partial charge on any atom is 0.188 e. The van der Waals surface area contributed by atoms with E-state index in [0.29, 0.717) is 10.8 Å². The number of rotatable bonds is 16. The van der Waals surface area contributed by atoms with Crippen molar-refractivity contribution in [1.29, 1.82) is 0 Å². The van der Waals surface area contributed by atoms with Crippen molar-refractivity contribution in [3.63, 3.8) is 0 Å². The highest BCUT2D eigenvalue weighted by Crippen LogP contribution is 2.55. The number of nitrogens with one attached hydrogen (secondary N) is 4. The molecule has 0 amide bonds. The van der Waals surface area contributed by atoms with Gasteiger partial charge in [-0.3, -0.25) is 10.6 Å². The van der Waals surface area contributed by atoms with Crippen molar-refractivity contribution in [2.75, 3.05) is 39.2 Å². The van der Waals surface area contributed by atoms with Crippen LogP contribution in [0.5, 0.6) is 0 Å². The van der Waals surface area contributed by atoms with Crippen molar-refractivity contribution in [2.24, 2.45) is 21.7 Å². The van der Waals surface area contributed by atoms with Gasteiger partial charge in [-0.05, 0) is 89.9 Å². The maximum absolute atomic E-state index is 4.23. The SMILES string of the molecule is C[NH+](C[P+](CNC(C)(C)CC(C)(C)C)(CNC(C)(C)CC(C)(C)C)C[NH+](C)C(C)(C)CC(C)(C)C)C(C)(C)CC(C)(C)C.[I-].[I-].[I-]. The third-order valence-electron chi connectivity index (χ3n) is 9.13. The van der Waals surface area contributed by atoms with Gasteiger partial charge in [0.15, 0.2) is 19.8 Å². The largest absolute Gasteiger partial charge is 1.00 e. The van der Waals surface area contributed by atoms with Gasteiger partial charge in [-0.2, -0.15) is 0 Å². The standard InChI is InChI=1S/C38H84N4P.3HI/c1-31(2,3)23-35(13,14)39-27-43(28-40-36(15,16)24-32(4,5)6,29-41(21)37(17,18)25-33(7,8)9)30-42(22)38(19,20)26-34(10,11)12;;;/h39-40H,23-30H2,1-22H3;3*1H/q+1;;;/p-1. The van der Waals surface area contributed by atoms with Gasteiger partial charge in [0, 0.05) is 23.9 Å². The van der Waals surface area contributed by atoms with Crippen molar-refractivity contribution in [3.8, 4) is 0 Å². The van der Waals surface area contributed by atoms with Crippen LogP contribution in [0.4, 0.5) is 0 Å². The molecule has 0 saturated heterocycles. The molecule has 4 nitrogen and oxygen atoms in total. The summed E-state index contributed by atoms with van der Waals surface area (Å²) in [5.74, 6) is 0. The van der Waals surface area contributed by atoms with Crippen molar-refractivity contribution in [3.05, 3.63) is 0 Å². The Bertz CT molecular complexity index is 774. The summed E-state index contributed by atoms with van der Waals surface area (Å²) in [7, 11) is 3.44. The molecule has 2 atom stereocenters. The number of quaternary nitrogens is 2. The van der Waals surface area contributed by atoms with Gasteiger partial charge in [-0.15, -0.1) is 0 Å². The predicted molar refractivity (Wildman–Crippen MR) is 199 cm³/mol. The zero-order chi connectivity index (χ0) is 34.7. The number of halogens is 3. The van der Waals surface area contributed by atoms with Crippen LogP contribution in [0.1, 0.15) is 164 Å². The molecule has 0 aliphatic carbocycles. The van der Waals surface area contributed by atoms with Gasteiger partial charge in [-0.1, -0.05) is 83.1 Å². The van der Waals surface area contributed by atoms with E-state index in [2.05, 4.69) is 163 Å². The van der Waals surface area contributed by atoms with Crippen LogP contribution in [0.15, 0.2) is 0 Å². The molecule has 0 saturated carbocycles. The van der Waals surface area contributed by atoms with Gasteiger partial charge in [0.1, 0.15) is 12.6 Å². The van der Waals surface area contributed by atoms with E-state index in [4.69, 9.17) is 0 Å². The molecule has 0 spiro atoms. The highest BCUT2D eigenvalue weighted by Gasteiger charge is 2.51. The molecule has 0 heterocycles. The number of hydrogen-bond acceptors (Lipinski definition) is 2. The van der Waals surface area contributed by atoms with E-state index in [0.717, 1.165) is 12.6 Å². The predicted octanol–water partition coefficient (Wildman–Crippen LogP) is -1.09. The summed E-state index contributed by atoms with van der Waals surface area (Å²) in [5, 5.41) is 8.47. The molecule has 0 aromatic carbocycles. The van der Waals surface area contributed by atoms with Crippen LogP contribution < -0.4 is 92.4 Å². The lowest BCUT2D eigenvalue weighted by Gasteiger charge is -2.44. The van der Waals surface area contributed by atoms with E-state index >= 15 is 0 Å². The fourth-order valence-electron chi connectivity index (χ4n) is 8.26. The minimum atomic E-state index is -1.55. The van der Waals surface area contributed by atoms with Crippen molar-refractivity contribution < 1.29 is 81.7 Å². The van der Waals surface area contributed by atoms with Crippen molar-refractivity contribution >= 4 is 7.26 Å². The quantitative estimate of drug-likeness (QED) is 0.117. The fraction of sp³-hybridized carbons (Fsp3) is 1.00. The third kappa shape index (κ3) is 24.6. The van der Waals surface area contributed by atoms with Crippen LogP contribution in [0.25, 0.3) is 0 Å². The molecule has 284 valence electrons. The number of hydrogen-bond donors (Lipinski definition) is 4. The fourth-order valence-corrected chi connectivity index (χ4v) is 13.3. The summed E-state index contributed by atoms with van der Waals surface area (Å²) >= 11 is 0. The van der Waals surface area contributed by atoms with E-state index in [-0.39, 0.29) is 105 Å². The zero-order valence-corrected chi connectivity index (χ0v) is 42.6. The van der Waals surface area contributed by atoms with Gasteiger partial charge < -0.3 is 81.7 Å². The van der Waals surface area contributed by atoms with Gasteiger partial charge >= 0.3 is 0 Å². The minimum absolute atomic E-state index is 0. The Kier molecular flexibility index (Phi) is 23.4. The van der Waals surface area contributed by atoms with E-state index in [9.17, 15) is 0 Å². The third-order valence-corrected chi connectivity index (χ3v) is 13.1. The first-order valence-corrected chi connectivity index (χ1v) is 20.0. The molecule has 2 unspecified atom stereocenters. The summed E-state index contributed by atoms with van der Waals surface area (Å²) < 4.78 is 0. The van der Waals surface area contributed by atoms with Crippen molar-refractivity contribution in [2.45, 2.75) is 186 Å². The van der Waals surface area contributed by atoms with Gasteiger partial charge in [0.2, 0.25) is 0 Å². The van der Waals surface area contributed by atoms with Crippen LogP contribution in [-0.2, 0) is 0 Å². The Hall–Kier alpha value is 2.46. The van der Waals surface area contributed by atoms with Crippen LogP contribution in [0, 0.1) is 21.7 Å². The van der Waals surface area contributed by atoms with Crippen LogP contribution in [-0.4, -0.2) is 61.4 Å². The average molecular weight is 1010 g/mol. The molecule has 0 fully saturated rings. The second kappa shape index (κ2) is 19.5. The molecule has 4 N–H and O–H groups in total. The molecular formula is C38H86I3N4P. The van der Waals surface area contributed by atoms with Crippen LogP contribution >= 0.6 is 7.26 Å². The van der Waals surface area contributed by atoms with E-state index in [1.54, 1.807) is 9.80 Å². The molecule has 8 heteroatoms. The Morgan fingerprint density at radius 1 is 0.391 bits per heavy atom. The lowest BCUT2D eigenvalue weighted by atomic mass is 9.81. The lowest BCUT2D eigenvalue weighted by Crippen LogP contribution is -3.19. The normalized spacial score (nSPS) is 15.8. The van der Waals surface area contributed by atoms with Gasteiger partial charge in [0.05, 0.1) is 25.2 Å². The lowest BCUT2D eigenvalue weighted by molar-refractivity contribution is -0.928. The molecule has 0 rings (SSSR count). The van der Waals surface area contributed by atoms with E-state index < -0.39 is 7.26 Å². The van der Waals surface area contributed by atoms with Crippen LogP contribution in [0.2, 0.25) is 0 Å². The summed E-state index contributed by atoms with van der Waals surface area (Å²) in [4.78, 5) is 3.39. The Morgan fingerprint density at radius 2 is 0.609 bits per heavy atom. The second-order valence-corrected chi connectivity index (χ2v) is 26.3.